The molecule has 24 heavy (non-hydrogen) atoms. The molecule has 0 bridgehead atoms. The highest BCUT2D eigenvalue weighted by molar-refractivity contribution is 5.81. The maximum Gasteiger partial charge on any atom is 0.264 e. The van der Waals surface area contributed by atoms with Crippen molar-refractivity contribution in [3.8, 4) is 11.5 Å². The lowest BCUT2D eigenvalue weighted by Gasteiger charge is -2.25. The van der Waals surface area contributed by atoms with Gasteiger partial charge in [0.1, 0.15) is 12.4 Å². The van der Waals surface area contributed by atoms with Gasteiger partial charge in [-0.1, -0.05) is 24.3 Å². The van der Waals surface area contributed by atoms with E-state index >= 15 is 0 Å². The lowest BCUT2D eigenvalue weighted by molar-refractivity contribution is -0.130. The number of hydrogen-bond acceptors (Lipinski definition) is 4. The van der Waals surface area contributed by atoms with E-state index in [-0.39, 0.29) is 12.5 Å². The Kier molecular flexibility index (Phi) is 3.78. The number of amides is 1. The highest BCUT2D eigenvalue weighted by atomic mass is 16.6. The summed E-state index contributed by atoms with van der Waals surface area (Å²) in [5.74, 6) is 1.94. The number of nitrogens with zero attached hydrogens (tertiary/aromatic N) is 1. The molecule has 1 aliphatic heterocycles. The number of nitrogens with one attached hydrogen (secondary N) is 2. The third-order valence-corrected chi connectivity index (χ3v) is 3.90. The van der Waals surface area contributed by atoms with Gasteiger partial charge in [0.25, 0.3) is 5.91 Å². The van der Waals surface area contributed by atoms with E-state index in [4.69, 9.17) is 9.47 Å². The van der Waals surface area contributed by atoms with Crippen LogP contribution in [0.3, 0.4) is 0 Å². The summed E-state index contributed by atoms with van der Waals surface area (Å²) in [5.41, 5.74) is 1.93. The molecule has 1 atom stereocenters. The minimum atomic E-state index is -0.629. The molecule has 0 fully saturated rings. The van der Waals surface area contributed by atoms with Crippen LogP contribution in [0.2, 0.25) is 0 Å². The maximum atomic E-state index is 12.2. The average Bonchev–Trinajstić information content (AvgIpc) is 3.04. The minimum Gasteiger partial charge on any atom is -0.485 e. The second kappa shape index (κ2) is 6.23. The van der Waals surface area contributed by atoms with Crippen molar-refractivity contribution >= 4 is 16.9 Å². The quantitative estimate of drug-likeness (QED) is 0.770. The molecular formula is C18H17N3O3. The van der Waals surface area contributed by atoms with Gasteiger partial charge in [0, 0.05) is 13.0 Å². The number of imidazole rings is 1. The molecule has 3 aromatic rings. The fraction of sp³-hybridized carbons (Fsp3) is 0.222. The van der Waals surface area contributed by atoms with Crippen LogP contribution in [0.15, 0.2) is 48.5 Å². The molecule has 2 aromatic carbocycles. The Morgan fingerprint density at radius 3 is 2.83 bits per heavy atom. The van der Waals surface area contributed by atoms with Crippen molar-refractivity contribution in [1.29, 1.82) is 0 Å². The van der Waals surface area contributed by atoms with Gasteiger partial charge in [-0.15, -0.1) is 0 Å². The van der Waals surface area contributed by atoms with Crippen molar-refractivity contribution < 1.29 is 14.3 Å². The molecular weight excluding hydrogens is 306 g/mol. The van der Waals surface area contributed by atoms with Gasteiger partial charge >= 0.3 is 0 Å². The molecule has 0 spiro atoms. The summed E-state index contributed by atoms with van der Waals surface area (Å²) in [7, 11) is 0. The molecule has 0 radical (unpaired) electrons. The number of H-pyrrole nitrogens is 1. The van der Waals surface area contributed by atoms with E-state index < -0.39 is 6.10 Å². The fourth-order valence-electron chi connectivity index (χ4n) is 2.69. The Hall–Kier alpha value is -3.02. The first kappa shape index (κ1) is 14.6. The molecule has 122 valence electrons. The van der Waals surface area contributed by atoms with Crippen LogP contribution in [0.4, 0.5) is 0 Å². The first-order chi connectivity index (χ1) is 11.8. The third kappa shape index (κ3) is 2.90. The summed E-state index contributed by atoms with van der Waals surface area (Å²) in [6.07, 6.45) is 0.000449. The van der Waals surface area contributed by atoms with Crippen LogP contribution in [-0.4, -0.2) is 35.1 Å². The molecule has 2 N–H and O–H groups in total. The minimum absolute atomic E-state index is 0.180. The average molecular weight is 323 g/mol. The van der Waals surface area contributed by atoms with Crippen molar-refractivity contribution in [3.63, 3.8) is 0 Å². The Balaban J connectivity index is 1.32. The van der Waals surface area contributed by atoms with Crippen LogP contribution >= 0.6 is 0 Å². The SMILES string of the molecule is O=C(NCCc1nc2ccccc2[nH]1)[C@@H]1COc2ccccc2O1. The van der Waals surface area contributed by atoms with Gasteiger partial charge in [-0.2, -0.15) is 0 Å². The summed E-state index contributed by atoms with van der Waals surface area (Å²) in [4.78, 5) is 20.0. The summed E-state index contributed by atoms with van der Waals surface area (Å²) >= 11 is 0. The topological polar surface area (TPSA) is 76.2 Å². The van der Waals surface area contributed by atoms with Gasteiger partial charge in [-0.3, -0.25) is 4.79 Å². The van der Waals surface area contributed by atoms with E-state index in [1.807, 2.05) is 42.5 Å². The monoisotopic (exact) mass is 323 g/mol. The number of carbonyl (C=O) groups is 1. The van der Waals surface area contributed by atoms with Crippen LogP contribution < -0.4 is 14.8 Å². The predicted octanol–water partition coefficient (Wildman–Crippen LogP) is 2.06. The van der Waals surface area contributed by atoms with E-state index in [0.29, 0.717) is 24.5 Å². The van der Waals surface area contributed by atoms with Gasteiger partial charge in [-0.05, 0) is 24.3 Å². The summed E-state index contributed by atoms with van der Waals surface area (Å²) in [6, 6.07) is 15.2. The highest BCUT2D eigenvalue weighted by Gasteiger charge is 2.26. The molecule has 6 heteroatoms. The van der Waals surface area contributed by atoms with Gasteiger partial charge < -0.3 is 19.8 Å². The van der Waals surface area contributed by atoms with E-state index in [2.05, 4.69) is 15.3 Å². The van der Waals surface area contributed by atoms with Crippen molar-refractivity contribution in [2.24, 2.45) is 0 Å². The highest BCUT2D eigenvalue weighted by Crippen LogP contribution is 2.30. The van der Waals surface area contributed by atoms with Crippen LogP contribution in [-0.2, 0) is 11.2 Å². The Morgan fingerprint density at radius 2 is 1.96 bits per heavy atom. The summed E-state index contributed by atoms with van der Waals surface area (Å²) in [5, 5.41) is 2.87. The number of aromatic nitrogens is 2. The molecule has 1 aliphatic rings. The van der Waals surface area contributed by atoms with Crippen molar-refractivity contribution in [3.05, 3.63) is 54.4 Å². The zero-order valence-corrected chi connectivity index (χ0v) is 13.0. The van der Waals surface area contributed by atoms with Gasteiger partial charge in [0.2, 0.25) is 6.10 Å². The molecule has 1 aromatic heterocycles. The van der Waals surface area contributed by atoms with Crippen molar-refractivity contribution in [2.45, 2.75) is 12.5 Å². The number of hydrogen-bond donors (Lipinski definition) is 2. The number of carbonyl (C=O) groups excluding carboxylic acids is 1. The number of para-hydroxylation sites is 4. The van der Waals surface area contributed by atoms with E-state index in [0.717, 1.165) is 16.9 Å². The number of rotatable bonds is 4. The number of aromatic amines is 1. The Morgan fingerprint density at radius 1 is 1.17 bits per heavy atom. The first-order valence-corrected chi connectivity index (χ1v) is 7.89. The van der Waals surface area contributed by atoms with Gasteiger partial charge in [-0.25, -0.2) is 4.98 Å². The Labute approximate surface area is 138 Å². The van der Waals surface area contributed by atoms with Crippen molar-refractivity contribution in [1.82, 2.24) is 15.3 Å². The molecule has 2 heterocycles. The normalized spacial score (nSPS) is 16.1. The molecule has 1 amide bonds. The van der Waals surface area contributed by atoms with Crippen LogP contribution in [0.5, 0.6) is 11.5 Å². The molecule has 0 unspecified atom stereocenters. The van der Waals surface area contributed by atoms with E-state index in [1.165, 1.54) is 0 Å². The molecule has 0 saturated carbocycles. The molecule has 6 nitrogen and oxygen atoms in total. The summed E-state index contributed by atoms with van der Waals surface area (Å²) < 4.78 is 11.2. The van der Waals surface area contributed by atoms with E-state index in [9.17, 15) is 4.79 Å². The predicted molar refractivity (Wildman–Crippen MR) is 89.2 cm³/mol. The number of benzene rings is 2. The third-order valence-electron chi connectivity index (χ3n) is 3.90. The van der Waals surface area contributed by atoms with Gasteiger partial charge in [0.15, 0.2) is 11.5 Å². The standard InChI is InChI=1S/C18H17N3O3/c22-18(16-11-23-14-7-3-4-8-15(14)24-16)19-10-9-17-20-12-5-1-2-6-13(12)21-17/h1-8,16H,9-11H2,(H,19,22)(H,20,21)/t16-/m0/s1. The second-order valence-corrected chi connectivity index (χ2v) is 5.61. The largest absolute Gasteiger partial charge is 0.485 e. The zero-order valence-electron chi connectivity index (χ0n) is 13.0. The van der Waals surface area contributed by atoms with Gasteiger partial charge in [0.05, 0.1) is 11.0 Å². The van der Waals surface area contributed by atoms with Crippen LogP contribution in [0, 0.1) is 0 Å². The number of fused-ring (bicyclic) bond motifs is 2. The lowest BCUT2D eigenvalue weighted by atomic mass is 10.2. The van der Waals surface area contributed by atoms with Crippen LogP contribution in [0.1, 0.15) is 5.82 Å². The second-order valence-electron chi connectivity index (χ2n) is 5.61. The van der Waals surface area contributed by atoms with E-state index in [1.54, 1.807) is 6.07 Å². The zero-order chi connectivity index (χ0) is 16.4. The summed E-state index contributed by atoms with van der Waals surface area (Å²) in [6.45, 7) is 0.702. The molecule has 4 rings (SSSR count). The molecule has 0 aliphatic carbocycles. The first-order valence-electron chi connectivity index (χ1n) is 7.89. The lowest BCUT2D eigenvalue weighted by Crippen LogP contribution is -2.44. The van der Waals surface area contributed by atoms with Crippen LogP contribution in [0.25, 0.3) is 11.0 Å². The smallest absolute Gasteiger partial charge is 0.264 e. The number of ether oxygens (including phenoxy) is 2. The Bertz CT molecular complexity index is 842. The van der Waals surface area contributed by atoms with Crippen molar-refractivity contribution in [2.75, 3.05) is 13.2 Å². The fourth-order valence-corrected chi connectivity index (χ4v) is 2.69. The maximum absolute atomic E-state index is 12.2. The molecule has 0 saturated heterocycles.